The first-order valence-corrected chi connectivity index (χ1v) is 8.16. The Morgan fingerprint density at radius 1 is 1.15 bits per heavy atom. The Hall–Kier alpha value is -1.02. The standard InChI is InChI=1S/C18H28O2/c1-3-5-11-19-12-13-20-18-8-6-7-16-10-9-15(4-2)14-17(16)18/h6-8,15H,3-5,9-14H2,1-2H3. The number of rotatable bonds is 8. The molecule has 1 atom stereocenters. The van der Waals surface area contributed by atoms with Crippen molar-refractivity contribution in [1.29, 1.82) is 0 Å². The normalized spacial score (nSPS) is 17.8. The van der Waals surface area contributed by atoms with E-state index in [9.17, 15) is 0 Å². The van der Waals surface area contributed by atoms with Gasteiger partial charge in [-0.15, -0.1) is 0 Å². The average Bonchev–Trinajstić information content (AvgIpc) is 2.50. The van der Waals surface area contributed by atoms with E-state index in [4.69, 9.17) is 9.47 Å². The van der Waals surface area contributed by atoms with Crippen LogP contribution in [0.3, 0.4) is 0 Å². The van der Waals surface area contributed by atoms with E-state index in [1.165, 1.54) is 43.2 Å². The summed E-state index contributed by atoms with van der Waals surface area (Å²) < 4.78 is 11.5. The largest absolute Gasteiger partial charge is 0.491 e. The molecular formula is C18H28O2. The first kappa shape index (κ1) is 15.4. The zero-order valence-corrected chi connectivity index (χ0v) is 13.0. The van der Waals surface area contributed by atoms with E-state index in [0.29, 0.717) is 13.2 Å². The van der Waals surface area contributed by atoms with Crippen molar-refractivity contribution >= 4 is 0 Å². The Kier molecular flexibility index (Phi) is 6.38. The van der Waals surface area contributed by atoms with Crippen molar-refractivity contribution in [3.05, 3.63) is 29.3 Å². The van der Waals surface area contributed by atoms with Crippen LogP contribution in [0.25, 0.3) is 0 Å². The monoisotopic (exact) mass is 276 g/mol. The van der Waals surface area contributed by atoms with Gasteiger partial charge in [-0.05, 0) is 48.8 Å². The zero-order chi connectivity index (χ0) is 14.2. The predicted molar refractivity (Wildman–Crippen MR) is 83.5 cm³/mol. The van der Waals surface area contributed by atoms with Crippen molar-refractivity contribution in [2.45, 2.75) is 52.4 Å². The molecule has 1 aromatic carbocycles. The summed E-state index contributed by atoms with van der Waals surface area (Å²) in [4.78, 5) is 0. The van der Waals surface area contributed by atoms with Crippen LogP contribution in [0.15, 0.2) is 18.2 Å². The van der Waals surface area contributed by atoms with Gasteiger partial charge in [-0.25, -0.2) is 0 Å². The van der Waals surface area contributed by atoms with E-state index in [0.717, 1.165) is 24.7 Å². The van der Waals surface area contributed by atoms with Crippen molar-refractivity contribution in [1.82, 2.24) is 0 Å². The molecule has 0 N–H and O–H groups in total. The number of hydrogen-bond donors (Lipinski definition) is 0. The minimum atomic E-state index is 0.664. The van der Waals surface area contributed by atoms with E-state index in [1.54, 1.807) is 0 Å². The smallest absolute Gasteiger partial charge is 0.122 e. The number of benzene rings is 1. The van der Waals surface area contributed by atoms with Crippen LogP contribution >= 0.6 is 0 Å². The lowest BCUT2D eigenvalue weighted by Gasteiger charge is -2.25. The fraction of sp³-hybridized carbons (Fsp3) is 0.667. The van der Waals surface area contributed by atoms with Crippen molar-refractivity contribution in [2.75, 3.05) is 19.8 Å². The summed E-state index contributed by atoms with van der Waals surface area (Å²) in [6.07, 6.45) is 7.31. The second kappa shape index (κ2) is 8.31. The number of ether oxygens (including phenoxy) is 2. The lowest BCUT2D eigenvalue weighted by atomic mass is 9.82. The minimum Gasteiger partial charge on any atom is -0.491 e. The molecular weight excluding hydrogens is 248 g/mol. The molecule has 0 heterocycles. The topological polar surface area (TPSA) is 18.5 Å². The first-order valence-electron chi connectivity index (χ1n) is 8.16. The number of fused-ring (bicyclic) bond motifs is 1. The van der Waals surface area contributed by atoms with Gasteiger partial charge < -0.3 is 9.47 Å². The second-order valence-corrected chi connectivity index (χ2v) is 5.73. The summed E-state index contributed by atoms with van der Waals surface area (Å²) in [7, 11) is 0. The van der Waals surface area contributed by atoms with Gasteiger partial charge in [-0.2, -0.15) is 0 Å². The number of unbranched alkanes of at least 4 members (excludes halogenated alkanes) is 1. The molecule has 0 bridgehead atoms. The van der Waals surface area contributed by atoms with E-state index < -0.39 is 0 Å². The van der Waals surface area contributed by atoms with Gasteiger partial charge in [0.15, 0.2) is 0 Å². The zero-order valence-electron chi connectivity index (χ0n) is 13.0. The Morgan fingerprint density at radius 2 is 2.05 bits per heavy atom. The van der Waals surface area contributed by atoms with Crippen LogP contribution in [0.4, 0.5) is 0 Å². The molecule has 1 unspecified atom stereocenters. The highest BCUT2D eigenvalue weighted by Crippen LogP contribution is 2.33. The van der Waals surface area contributed by atoms with Gasteiger partial charge in [-0.3, -0.25) is 0 Å². The molecule has 2 heteroatoms. The molecule has 1 aromatic rings. The molecule has 0 radical (unpaired) electrons. The Balaban J connectivity index is 1.85. The Labute approximate surface area is 123 Å². The van der Waals surface area contributed by atoms with Crippen molar-refractivity contribution < 1.29 is 9.47 Å². The second-order valence-electron chi connectivity index (χ2n) is 5.73. The first-order chi connectivity index (χ1) is 9.85. The molecule has 1 aliphatic rings. The summed E-state index contributed by atoms with van der Waals surface area (Å²) in [5.74, 6) is 1.91. The molecule has 0 fully saturated rings. The SMILES string of the molecule is CCCCOCCOc1cccc2c1CC(CC)CC2. The maximum atomic E-state index is 5.95. The molecule has 0 saturated heterocycles. The fourth-order valence-electron chi connectivity index (χ4n) is 2.87. The summed E-state index contributed by atoms with van der Waals surface area (Å²) in [5.41, 5.74) is 2.93. The van der Waals surface area contributed by atoms with E-state index >= 15 is 0 Å². The third-order valence-corrected chi connectivity index (χ3v) is 4.25. The van der Waals surface area contributed by atoms with Crippen LogP contribution in [0.2, 0.25) is 0 Å². The van der Waals surface area contributed by atoms with Crippen LogP contribution in [0.5, 0.6) is 5.75 Å². The van der Waals surface area contributed by atoms with Gasteiger partial charge >= 0.3 is 0 Å². The van der Waals surface area contributed by atoms with Gasteiger partial charge in [0, 0.05) is 6.61 Å². The van der Waals surface area contributed by atoms with Crippen LogP contribution in [-0.4, -0.2) is 19.8 Å². The summed E-state index contributed by atoms with van der Waals surface area (Å²) in [5, 5.41) is 0. The van der Waals surface area contributed by atoms with E-state index in [2.05, 4.69) is 32.0 Å². The minimum absolute atomic E-state index is 0.664. The fourth-order valence-corrected chi connectivity index (χ4v) is 2.87. The van der Waals surface area contributed by atoms with E-state index in [1.807, 2.05) is 0 Å². The number of hydrogen-bond acceptors (Lipinski definition) is 2. The number of aryl methyl sites for hydroxylation is 1. The lowest BCUT2D eigenvalue weighted by molar-refractivity contribution is 0.0975. The van der Waals surface area contributed by atoms with Gasteiger partial charge in [0.1, 0.15) is 12.4 Å². The third-order valence-electron chi connectivity index (χ3n) is 4.25. The summed E-state index contributed by atoms with van der Waals surface area (Å²) in [6, 6.07) is 6.49. The molecule has 1 aliphatic carbocycles. The van der Waals surface area contributed by atoms with E-state index in [-0.39, 0.29) is 0 Å². The third kappa shape index (κ3) is 4.24. The molecule has 0 aromatic heterocycles. The molecule has 112 valence electrons. The Bertz CT molecular complexity index is 400. The maximum Gasteiger partial charge on any atom is 0.122 e. The molecule has 2 nitrogen and oxygen atoms in total. The molecule has 0 amide bonds. The quantitative estimate of drug-likeness (QED) is 0.655. The van der Waals surface area contributed by atoms with Crippen molar-refractivity contribution in [2.24, 2.45) is 5.92 Å². The lowest BCUT2D eigenvalue weighted by Crippen LogP contribution is -2.16. The highest BCUT2D eigenvalue weighted by atomic mass is 16.5. The predicted octanol–water partition coefficient (Wildman–Crippen LogP) is 4.40. The van der Waals surface area contributed by atoms with Gasteiger partial charge in [0.05, 0.1) is 6.61 Å². The molecule has 0 aliphatic heterocycles. The van der Waals surface area contributed by atoms with Crippen LogP contribution in [0.1, 0.15) is 50.7 Å². The van der Waals surface area contributed by atoms with Crippen LogP contribution in [-0.2, 0) is 17.6 Å². The van der Waals surface area contributed by atoms with Gasteiger partial charge in [0.2, 0.25) is 0 Å². The van der Waals surface area contributed by atoms with Gasteiger partial charge in [-0.1, -0.05) is 38.8 Å². The van der Waals surface area contributed by atoms with Gasteiger partial charge in [0.25, 0.3) is 0 Å². The molecule has 0 saturated carbocycles. The Morgan fingerprint density at radius 3 is 2.85 bits per heavy atom. The molecule has 2 rings (SSSR count). The average molecular weight is 276 g/mol. The van der Waals surface area contributed by atoms with Crippen LogP contribution in [0, 0.1) is 5.92 Å². The summed E-state index contributed by atoms with van der Waals surface area (Å²) in [6.45, 7) is 6.68. The van der Waals surface area contributed by atoms with Crippen LogP contribution < -0.4 is 4.74 Å². The molecule has 0 spiro atoms. The maximum absolute atomic E-state index is 5.95. The van der Waals surface area contributed by atoms with Crippen molar-refractivity contribution in [3.63, 3.8) is 0 Å². The highest BCUT2D eigenvalue weighted by molar-refractivity contribution is 5.42. The molecule has 20 heavy (non-hydrogen) atoms. The summed E-state index contributed by atoms with van der Waals surface area (Å²) >= 11 is 0. The highest BCUT2D eigenvalue weighted by Gasteiger charge is 2.20. The van der Waals surface area contributed by atoms with Crippen molar-refractivity contribution in [3.8, 4) is 5.75 Å².